The molecule has 8 heteroatoms. The molecule has 0 radical (unpaired) electrons. The Morgan fingerprint density at radius 1 is 1.19 bits per heavy atom. The summed E-state index contributed by atoms with van der Waals surface area (Å²) >= 11 is 9.12. The summed E-state index contributed by atoms with van der Waals surface area (Å²) in [4.78, 5) is 23.4. The number of thioether (sulfide) groups is 1. The third-order valence-electron chi connectivity index (χ3n) is 5.66. The molecular formula is C24H28ClN3O2S2. The molecule has 3 aromatic rings. The molecule has 0 N–H and O–H groups in total. The monoisotopic (exact) mass is 489 g/mol. The number of halogens is 1. The molecular weight excluding hydrogens is 462 g/mol. The van der Waals surface area contributed by atoms with Gasteiger partial charge in [-0.1, -0.05) is 22.9 Å². The van der Waals surface area contributed by atoms with Crippen molar-refractivity contribution in [3.8, 4) is 0 Å². The molecule has 0 atom stereocenters. The second kappa shape index (κ2) is 11.0. The summed E-state index contributed by atoms with van der Waals surface area (Å²) in [5.41, 5.74) is 3.43. The average Bonchev–Trinajstić information content (AvgIpc) is 3.19. The second-order valence-electron chi connectivity index (χ2n) is 8.00. The highest BCUT2D eigenvalue weighted by Crippen LogP contribution is 2.32. The van der Waals surface area contributed by atoms with Crippen molar-refractivity contribution in [2.45, 2.75) is 25.2 Å². The Labute approximate surface area is 202 Å². The van der Waals surface area contributed by atoms with E-state index < -0.39 is 0 Å². The molecule has 1 amide bonds. The quantitative estimate of drug-likeness (QED) is 0.396. The first-order valence-corrected chi connectivity index (χ1v) is 13.0. The van der Waals surface area contributed by atoms with E-state index in [0.29, 0.717) is 17.3 Å². The number of rotatable bonds is 8. The van der Waals surface area contributed by atoms with Gasteiger partial charge >= 0.3 is 0 Å². The molecule has 1 saturated heterocycles. The zero-order chi connectivity index (χ0) is 22.5. The van der Waals surface area contributed by atoms with E-state index in [1.165, 1.54) is 22.9 Å². The number of ether oxygens (including phenoxy) is 1. The lowest BCUT2D eigenvalue weighted by molar-refractivity contribution is -0.116. The van der Waals surface area contributed by atoms with E-state index in [9.17, 15) is 4.79 Å². The molecule has 32 heavy (non-hydrogen) atoms. The van der Waals surface area contributed by atoms with Gasteiger partial charge in [0.2, 0.25) is 5.91 Å². The summed E-state index contributed by atoms with van der Waals surface area (Å²) in [6.45, 7) is 9.33. The highest BCUT2D eigenvalue weighted by atomic mass is 35.5. The number of fused-ring (bicyclic) bond motifs is 1. The number of morpholine rings is 1. The predicted molar refractivity (Wildman–Crippen MR) is 135 cm³/mol. The fourth-order valence-electron chi connectivity index (χ4n) is 3.64. The third kappa shape index (κ3) is 6.02. The molecule has 0 aliphatic carbocycles. The Hall–Kier alpha value is -1.64. The number of anilines is 1. The Bertz CT molecular complexity index is 1030. The van der Waals surface area contributed by atoms with Crippen LogP contribution in [0.4, 0.5) is 5.13 Å². The van der Waals surface area contributed by atoms with Gasteiger partial charge in [0.15, 0.2) is 5.13 Å². The van der Waals surface area contributed by atoms with Crippen molar-refractivity contribution in [3.05, 3.63) is 52.5 Å². The maximum atomic E-state index is 13.3. The van der Waals surface area contributed by atoms with Crippen molar-refractivity contribution in [1.82, 2.24) is 9.88 Å². The largest absolute Gasteiger partial charge is 0.379 e. The fraction of sp³-hybridized carbons (Fsp3) is 0.417. The van der Waals surface area contributed by atoms with E-state index in [4.69, 9.17) is 21.3 Å². The molecule has 0 unspecified atom stereocenters. The summed E-state index contributed by atoms with van der Waals surface area (Å²) < 4.78 is 6.57. The van der Waals surface area contributed by atoms with Crippen LogP contribution in [-0.4, -0.2) is 60.9 Å². The Morgan fingerprint density at radius 3 is 2.66 bits per heavy atom. The second-order valence-corrected chi connectivity index (χ2v) is 10.5. The summed E-state index contributed by atoms with van der Waals surface area (Å²) in [7, 11) is 0. The maximum absolute atomic E-state index is 13.3. The average molecular weight is 490 g/mol. The molecule has 0 saturated carbocycles. The molecule has 0 bridgehead atoms. The Kier molecular flexibility index (Phi) is 8.07. The van der Waals surface area contributed by atoms with Crippen molar-refractivity contribution >= 4 is 56.0 Å². The number of carbonyl (C=O) groups is 1. The highest BCUT2D eigenvalue weighted by molar-refractivity contribution is 8.00. The van der Waals surface area contributed by atoms with Crippen molar-refractivity contribution in [3.63, 3.8) is 0 Å². The lowest BCUT2D eigenvalue weighted by Gasteiger charge is -2.27. The number of amides is 1. The van der Waals surface area contributed by atoms with Gasteiger partial charge in [0.05, 0.1) is 29.2 Å². The van der Waals surface area contributed by atoms with Gasteiger partial charge in [-0.15, -0.1) is 11.8 Å². The third-order valence-corrected chi connectivity index (χ3v) is 7.95. The van der Waals surface area contributed by atoms with Gasteiger partial charge in [0, 0.05) is 36.1 Å². The Morgan fingerprint density at radius 2 is 1.91 bits per heavy atom. The number of benzene rings is 2. The van der Waals surface area contributed by atoms with Crippen LogP contribution in [0.3, 0.4) is 0 Å². The van der Waals surface area contributed by atoms with E-state index >= 15 is 0 Å². The normalized spacial score (nSPS) is 14.7. The van der Waals surface area contributed by atoms with E-state index in [1.54, 1.807) is 11.3 Å². The molecule has 1 fully saturated rings. The number of aromatic nitrogens is 1. The molecule has 1 aliphatic heterocycles. The standard InChI is InChI=1S/C24H28ClN3O2S2/c1-17-14-21-22(15-18(17)2)32-24(26-21)28(9-3-8-27-10-12-30-13-11-27)23(29)16-31-20-6-4-19(25)5-7-20/h4-7,14-15H,3,8-13,16H2,1-2H3. The molecule has 170 valence electrons. The van der Waals surface area contributed by atoms with Crippen LogP contribution in [0.2, 0.25) is 5.02 Å². The first kappa shape index (κ1) is 23.5. The van der Waals surface area contributed by atoms with Gasteiger partial charge < -0.3 is 4.74 Å². The lowest BCUT2D eigenvalue weighted by atomic mass is 10.1. The molecule has 0 spiro atoms. The fourth-order valence-corrected chi connectivity index (χ4v) is 5.63. The number of hydrogen-bond acceptors (Lipinski definition) is 6. The minimum atomic E-state index is 0.0828. The highest BCUT2D eigenvalue weighted by Gasteiger charge is 2.21. The van der Waals surface area contributed by atoms with Crippen LogP contribution in [0.25, 0.3) is 10.2 Å². The van der Waals surface area contributed by atoms with Crippen molar-refractivity contribution in [2.75, 3.05) is 50.0 Å². The molecule has 4 rings (SSSR count). The molecule has 5 nitrogen and oxygen atoms in total. The van der Waals surface area contributed by atoms with Crippen LogP contribution in [0.1, 0.15) is 17.5 Å². The molecule has 2 heterocycles. The zero-order valence-corrected chi connectivity index (χ0v) is 20.9. The predicted octanol–water partition coefficient (Wildman–Crippen LogP) is 5.41. The summed E-state index contributed by atoms with van der Waals surface area (Å²) in [6.07, 6.45) is 0.908. The van der Waals surface area contributed by atoms with Crippen molar-refractivity contribution in [2.24, 2.45) is 0 Å². The van der Waals surface area contributed by atoms with E-state index in [-0.39, 0.29) is 5.91 Å². The first-order chi connectivity index (χ1) is 15.5. The van der Waals surface area contributed by atoms with Crippen LogP contribution in [0.15, 0.2) is 41.3 Å². The smallest absolute Gasteiger partial charge is 0.239 e. The number of aryl methyl sites for hydroxylation is 2. The van der Waals surface area contributed by atoms with E-state index in [1.807, 2.05) is 29.2 Å². The minimum Gasteiger partial charge on any atom is -0.379 e. The summed E-state index contributed by atoms with van der Waals surface area (Å²) in [5.74, 6) is 0.451. The molecule has 2 aromatic carbocycles. The van der Waals surface area contributed by atoms with Crippen molar-refractivity contribution < 1.29 is 9.53 Å². The van der Waals surface area contributed by atoms with Crippen LogP contribution >= 0.6 is 34.7 Å². The zero-order valence-electron chi connectivity index (χ0n) is 18.5. The van der Waals surface area contributed by atoms with E-state index in [0.717, 1.165) is 59.5 Å². The molecule has 1 aliphatic rings. The van der Waals surface area contributed by atoms with Crippen LogP contribution < -0.4 is 4.90 Å². The summed E-state index contributed by atoms with van der Waals surface area (Å²) in [5, 5.41) is 1.49. The van der Waals surface area contributed by atoms with Crippen LogP contribution in [0.5, 0.6) is 0 Å². The Balaban J connectivity index is 1.48. The van der Waals surface area contributed by atoms with Crippen molar-refractivity contribution in [1.29, 1.82) is 0 Å². The first-order valence-electron chi connectivity index (χ1n) is 10.9. The SMILES string of the molecule is Cc1cc2nc(N(CCCN3CCOCC3)C(=O)CSc3ccc(Cl)cc3)sc2cc1C. The van der Waals surface area contributed by atoms with E-state index in [2.05, 4.69) is 30.9 Å². The van der Waals surface area contributed by atoms with Gasteiger partial charge in [-0.05, 0) is 67.8 Å². The topological polar surface area (TPSA) is 45.7 Å². The summed E-state index contributed by atoms with van der Waals surface area (Å²) in [6, 6.07) is 11.9. The van der Waals surface area contributed by atoms with Crippen LogP contribution in [-0.2, 0) is 9.53 Å². The van der Waals surface area contributed by atoms with Gasteiger partial charge in [-0.2, -0.15) is 0 Å². The minimum absolute atomic E-state index is 0.0828. The number of carbonyl (C=O) groups excluding carboxylic acids is 1. The van der Waals surface area contributed by atoms with Gasteiger partial charge in [-0.3, -0.25) is 14.6 Å². The number of nitrogens with zero attached hydrogens (tertiary/aromatic N) is 3. The van der Waals surface area contributed by atoms with Gasteiger partial charge in [0.25, 0.3) is 0 Å². The number of hydrogen-bond donors (Lipinski definition) is 0. The number of thiazole rings is 1. The molecule has 1 aromatic heterocycles. The van der Waals surface area contributed by atoms with Gasteiger partial charge in [-0.25, -0.2) is 4.98 Å². The maximum Gasteiger partial charge on any atom is 0.239 e. The van der Waals surface area contributed by atoms with Crippen LogP contribution in [0, 0.1) is 13.8 Å². The lowest BCUT2D eigenvalue weighted by Crippen LogP contribution is -2.39. The van der Waals surface area contributed by atoms with Gasteiger partial charge in [0.1, 0.15) is 0 Å².